The first-order chi connectivity index (χ1) is 14.0. The van der Waals surface area contributed by atoms with Crippen molar-refractivity contribution in [1.29, 1.82) is 0 Å². The van der Waals surface area contributed by atoms with Crippen LogP contribution in [0.15, 0.2) is 58.0 Å². The fourth-order valence-corrected chi connectivity index (χ4v) is 4.66. The number of hydrogen-bond donors (Lipinski definition) is 2. The number of rotatable bonds is 8. The van der Waals surface area contributed by atoms with Crippen LogP contribution in [0.4, 0.5) is 11.4 Å². The number of carbonyl (C=O) groups excluding carboxylic acids is 2. The summed E-state index contributed by atoms with van der Waals surface area (Å²) in [5, 5.41) is 6.94. The molecule has 2 aromatic carbocycles. The molecule has 3 rings (SSSR count). The normalized spacial score (nSPS) is 10.6. The van der Waals surface area contributed by atoms with Crippen molar-refractivity contribution < 1.29 is 9.59 Å². The highest BCUT2D eigenvalue weighted by Crippen LogP contribution is 2.26. The lowest BCUT2D eigenvalue weighted by atomic mass is 10.3. The third-order valence-electron chi connectivity index (χ3n) is 3.34. The third kappa shape index (κ3) is 6.90. The molecule has 11 heteroatoms. The van der Waals surface area contributed by atoms with E-state index in [0.717, 1.165) is 0 Å². The molecular formula is C18H14Cl2N4O2S3. The van der Waals surface area contributed by atoms with Gasteiger partial charge in [-0.1, -0.05) is 71.0 Å². The molecule has 6 nitrogen and oxygen atoms in total. The standard InChI is InChI=1S/C18H14Cl2N4O2S3/c19-11-5-1-3-7-13(11)21-15(25)9-27-17-23-18(29-24-17)28-10-16(26)22-14-8-4-2-6-12(14)20/h1-8H,9-10H2,(H,21,25)(H,22,26). The van der Waals surface area contributed by atoms with Crippen molar-refractivity contribution in [3.8, 4) is 0 Å². The van der Waals surface area contributed by atoms with E-state index in [0.29, 0.717) is 30.9 Å². The van der Waals surface area contributed by atoms with E-state index in [-0.39, 0.29) is 23.3 Å². The van der Waals surface area contributed by atoms with Crippen LogP contribution in [0, 0.1) is 0 Å². The van der Waals surface area contributed by atoms with Crippen molar-refractivity contribution >= 4 is 81.4 Å². The Balaban J connectivity index is 1.43. The van der Waals surface area contributed by atoms with Crippen molar-refractivity contribution in [2.75, 3.05) is 22.1 Å². The second-order valence-corrected chi connectivity index (χ2v) is 9.21. The maximum Gasteiger partial charge on any atom is 0.234 e. The number of nitrogens with zero attached hydrogens (tertiary/aromatic N) is 2. The summed E-state index contributed by atoms with van der Waals surface area (Å²) < 4.78 is 4.85. The first-order valence-electron chi connectivity index (χ1n) is 8.19. The first-order valence-corrected chi connectivity index (χ1v) is 11.7. The summed E-state index contributed by atoms with van der Waals surface area (Å²) in [5.41, 5.74) is 1.13. The van der Waals surface area contributed by atoms with Gasteiger partial charge >= 0.3 is 0 Å². The predicted molar refractivity (Wildman–Crippen MR) is 122 cm³/mol. The number of aromatic nitrogens is 2. The summed E-state index contributed by atoms with van der Waals surface area (Å²) in [5.74, 6) is -0.0610. The molecule has 2 N–H and O–H groups in total. The number of halogens is 2. The highest BCUT2D eigenvalue weighted by molar-refractivity contribution is 8.02. The maximum atomic E-state index is 12.1. The van der Waals surface area contributed by atoms with Gasteiger partial charge in [0.2, 0.25) is 17.0 Å². The molecule has 1 aromatic heterocycles. The average Bonchev–Trinajstić information content (AvgIpc) is 3.16. The second kappa shape index (κ2) is 10.8. The van der Waals surface area contributed by atoms with E-state index in [1.807, 2.05) is 0 Å². The molecule has 1 heterocycles. The molecule has 0 bridgehead atoms. The topological polar surface area (TPSA) is 84.0 Å². The Bertz CT molecular complexity index is 938. The van der Waals surface area contributed by atoms with Gasteiger partial charge in [-0.05, 0) is 35.8 Å². The van der Waals surface area contributed by atoms with Crippen molar-refractivity contribution in [3.63, 3.8) is 0 Å². The molecule has 0 fully saturated rings. The summed E-state index contributed by atoms with van der Waals surface area (Å²) in [6.45, 7) is 0. The number of nitrogens with one attached hydrogen (secondary N) is 2. The smallest absolute Gasteiger partial charge is 0.234 e. The van der Waals surface area contributed by atoms with Gasteiger partial charge in [-0.15, -0.1) is 0 Å². The summed E-state index contributed by atoms with van der Waals surface area (Å²) in [6, 6.07) is 14.1. The molecule has 0 spiro atoms. The third-order valence-corrected chi connectivity index (χ3v) is 6.80. The zero-order valence-electron chi connectivity index (χ0n) is 14.7. The first kappa shape index (κ1) is 21.9. The number of carbonyl (C=O) groups is 2. The number of hydrogen-bond acceptors (Lipinski definition) is 7. The van der Waals surface area contributed by atoms with Gasteiger partial charge in [-0.25, -0.2) is 4.98 Å². The van der Waals surface area contributed by atoms with Gasteiger partial charge in [0.1, 0.15) is 0 Å². The van der Waals surface area contributed by atoms with Gasteiger partial charge in [0.05, 0.1) is 32.9 Å². The molecular weight excluding hydrogens is 471 g/mol. The van der Waals surface area contributed by atoms with Crippen LogP contribution in [0.5, 0.6) is 0 Å². The Morgan fingerprint density at radius 2 is 1.38 bits per heavy atom. The molecule has 0 aliphatic carbocycles. The summed E-state index contributed by atoms with van der Waals surface area (Å²) in [6.07, 6.45) is 0. The van der Waals surface area contributed by atoms with Crippen LogP contribution in [0.2, 0.25) is 10.0 Å². The molecule has 0 saturated heterocycles. The minimum Gasteiger partial charge on any atom is -0.324 e. The molecule has 0 aliphatic heterocycles. The van der Waals surface area contributed by atoms with Crippen LogP contribution < -0.4 is 10.6 Å². The molecule has 0 atom stereocenters. The van der Waals surface area contributed by atoms with Gasteiger partial charge in [-0.3, -0.25) is 9.59 Å². The van der Waals surface area contributed by atoms with Crippen molar-refractivity contribution in [2.24, 2.45) is 0 Å². The molecule has 2 amide bonds. The predicted octanol–water partition coefficient (Wildman–Crippen LogP) is 5.31. The van der Waals surface area contributed by atoms with E-state index in [1.165, 1.54) is 35.1 Å². The lowest BCUT2D eigenvalue weighted by Gasteiger charge is -2.05. The molecule has 0 saturated carbocycles. The van der Waals surface area contributed by atoms with Gasteiger partial charge < -0.3 is 10.6 Å². The summed E-state index contributed by atoms with van der Waals surface area (Å²) >= 11 is 15.7. The lowest BCUT2D eigenvalue weighted by Crippen LogP contribution is -2.14. The van der Waals surface area contributed by atoms with E-state index < -0.39 is 0 Å². The Hall–Kier alpha value is -1.78. The number of benzene rings is 2. The second-order valence-electron chi connectivity index (χ2n) is 5.48. The van der Waals surface area contributed by atoms with E-state index in [1.54, 1.807) is 48.5 Å². The van der Waals surface area contributed by atoms with Crippen LogP contribution >= 0.6 is 58.3 Å². The molecule has 150 valence electrons. The van der Waals surface area contributed by atoms with Crippen molar-refractivity contribution in [3.05, 3.63) is 58.6 Å². The van der Waals surface area contributed by atoms with Gasteiger partial charge in [-0.2, -0.15) is 4.37 Å². The van der Waals surface area contributed by atoms with E-state index in [4.69, 9.17) is 23.2 Å². The Labute approximate surface area is 190 Å². The van der Waals surface area contributed by atoms with Crippen LogP contribution in [-0.4, -0.2) is 32.7 Å². The molecule has 3 aromatic rings. The highest BCUT2D eigenvalue weighted by atomic mass is 35.5. The zero-order valence-corrected chi connectivity index (χ0v) is 18.7. The summed E-state index contributed by atoms with van der Waals surface area (Å²) in [4.78, 5) is 28.4. The Morgan fingerprint density at radius 3 is 1.93 bits per heavy atom. The van der Waals surface area contributed by atoms with Crippen molar-refractivity contribution in [1.82, 2.24) is 9.36 Å². The van der Waals surface area contributed by atoms with Crippen LogP contribution in [0.25, 0.3) is 0 Å². The molecule has 0 aliphatic rings. The fourth-order valence-electron chi connectivity index (χ4n) is 2.07. The Kier molecular flexibility index (Phi) is 8.19. The molecule has 0 unspecified atom stereocenters. The fraction of sp³-hybridized carbons (Fsp3) is 0.111. The number of amides is 2. The number of thioether (sulfide) groups is 2. The van der Waals surface area contributed by atoms with E-state index in [2.05, 4.69) is 20.0 Å². The SMILES string of the molecule is O=C(CSc1nsc(SCC(=O)Nc2ccccc2Cl)n1)Nc1ccccc1Cl. The van der Waals surface area contributed by atoms with Gasteiger partial charge in [0.15, 0.2) is 4.34 Å². The maximum absolute atomic E-state index is 12.1. The van der Waals surface area contributed by atoms with E-state index >= 15 is 0 Å². The minimum atomic E-state index is -0.203. The van der Waals surface area contributed by atoms with Crippen LogP contribution in [0.1, 0.15) is 0 Å². The lowest BCUT2D eigenvalue weighted by molar-refractivity contribution is -0.114. The van der Waals surface area contributed by atoms with Gasteiger partial charge in [0.25, 0.3) is 0 Å². The quantitative estimate of drug-likeness (QED) is 0.421. The summed E-state index contributed by atoms with van der Waals surface area (Å²) in [7, 11) is 0. The van der Waals surface area contributed by atoms with Crippen molar-refractivity contribution in [2.45, 2.75) is 9.50 Å². The van der Waals surface area contributed by atoms with Crippen LogP contribution in [-0.2, 0) is 9.59 Å². The highest BCUT2D eigenvalue weighted by Gasteiger charge is 2.12. The number of para-hydroxylation sites is 2. The van der Waals surface area contributed by atoms with Crippen LogP contribution in [0.3, 0.4) is 0 Å². The minimum absolute atomic E-state index is 0.152. The number of anilines is 2. The van der Waals surface area contributed by atoms with E-state index in [9.17, 15) is 9.59 Å². The molecule has 0 radical (unpaired) electrons. The Morgan fingerprint density at radius 1 is 0.862 bits per heavy atom. The monoisotopic (exact) mass is 484 g/mol. The largest absolute Gasteiger partial charge is 0.324 e. The zero-order chi connectivity index (χ0) is 20.6. The average molecular weight is 485 g/mol. The molecule has 29 heavy (non-hydrogen) atoms. The van der Waals surface area contributed by atoms with Gasteiger partial charge in [0, 0.05) is 0 Å².